The number of hydrogen-bond donors (Lipinski definition) is 0. The highest BCUT2D eigenvalue weighted by Crippen LogP contribution is 2.38. The molecule has 1 heterocycles. The second kappa shape index (κ2) is 4.44. The van der Waals surface area contributed by atoms with Crippen molar-refractivity contribution in [3.8, 4) is 0 Å². The van der Waals surface area contributed by atoms with E-state index in [0.717, 1.165) is 25.9 Å². The molecule has 3 heteroatoms. The molecule has 15 heavy (non-hydrogen) atoms. The molecule has 0 spiro atoms. The fourth-order valence-corrected chi connectivity index (χ4v) is 3.51. The van der Waals surface area contributed by atoms with Crippen molar-refractivity contribution in [3.63, 3.8) is 0 Å². The molecule has 2 aliphatic rings. The Morgan fingerprint density at radius 2 is 2.07 bits per heavy atom. The summed E-state index contributed by atoms with van der Waals surface area (Å²) in [5, 5.41) is 0. The number of piperidine rings is 1. The lowest BCUT2D eigenvalue weighted by atomic mass is 9.87. The van der Waals surface area contributed by atoms with Crippen LogP contribution in [0.5, 0.6) is 0 Å². The van der Waals surface area contributed by atoms with Crippen molar-refractivity contribution in [2.75, 3.05) is 13.1 Å². The predicted molar refractivity (Wildman–Crippen MR) is 65.1 cm³/mol. The molecule has 2 fully saturated rings. The van der Waals surface area contributed by atoms with Crippen molar-refractivity contribution in [2.45, 2.75) is 50.3 Å². The van der Waals surface area contributed by atoms with Gasteiger partial charge in [-0.15, -0.1) is 0 Å². The zero-order valence-electron chi connectivity index (χ0n) is 9.47. The first-order chi connectivity index (χ1) is 7.11. The monoisotopic (exact) mass is 273 g/mol. The molecule has 2 nitrogen and oxygen atoms in total. The summed E-state index contributed by atoms with van der Waals surface area (Å²) in [6.07, 6.45) is 7.43. The van der Waals surface area contributed by atoms with E-state index in [4.69, 9.17) is 0 Å². The maximum absolute atomic E-state index is 11.9. The minimum Gasteiger partial charge on any atom is -0.341 e. The minimum absolute atomic E-state index is 0.0799. The molecule has 1 unspecified atom stereocenters. The van der Waals surface area contributed by atoms with Crippen LogP contribution in [0.1, 0.15) is 45.4 Å². The van der Waals surface area contributed by atoms with Gasteiger partial charge in [-0.1, -0.05) is 35.7 Å². The van der Waals surface area contributed by atoms with Gasteiger partial charge in [-0.3, -0.25) is 4.79 Å². The molecular formula is C12H20BrNO. The van der Waals surface area contributed by atoms with E-state index < -0.39 is 0 Å². The number of alkyl halides is 1. The van der Waals surface area contributed by atoms with Crippen LogP contribution in [-0.4, -0.2) is 28.7 Å². The molecule has 0 N–H and O–H groups in total. The normalized spacial score (nSPS) is 30.9. The van der Waals surface area contributed by atoms with Gasteiger partial charge in [0.2, 0.25) is 5.91 Å². The van der Waals surface area contributed by atoms with Gasteiger partial charge >= 0.3 is 0 Å². The number of likely N-dealkylation sites (tertiary alicyclic amines) is 1. The molecule has 1 amide bonds. The molecule has 0 aromatic rings. The van der Waals surface area contributed by atoms with Gasteiger partial charge in [0.05, 0.1) is 4.83 Å². The quantitative estimate of drug-likeness (QED) is 0.709. The molecule has 1 aliphatic carbocycles. The number of amides is 1. The highest BCUT2D eigenvalue weighted by atomic mass is 79.9. The molecule has 0 bridgehead atoms. The van der Waals surface area contributed by atoms with E-state index in [-0.39, 0.29) is 4.83 Å². The molecule has 86 valence electrons. The molecule has 0 aromatic heterocycles. The molecule has 1 aliphatic heterocycles. The van der Waals surface area contributed by atoms with Crippen molar-refractivity contribution in [1.82, 2.24) is 4.90 Å². The van der Waals surface area contributed by atoms with E-state index in [1.54, 1.807) is 0 Å². The van der Waals surface area contributed by atoms with Crippen molar-refractivity contribution in [1.29, 1.82) is 0 Å². The Bertz CT molecular complexity index is 248. The molecular weight excluding hydrogens is 254 g/mol. The van der Waals surface area contributed by atoms with Crippen molar-refractivity contribution in [2.24, 2.45) is 5.41 Å². The van der Waals surface area contributed by atoms with Crippen LogP contribution in [0.4, 0.5) is 0 Å². The standard InChI is InChI=1S/C12H20BrNO/c1-12(6-2-3-7-12)9-14-8-4-5-10(13)11(14)15/h10H,2-9H2,1H3. The smallest absolute Gasteiger partial charge is 0.236 e. The Hall–Kier alpha value is -0.0500. The first kappa shape index (κ1) is 11.4. The van der Waals surface area contributed by atoms with Gasteiger partial charge < -0.3 is 4.90 Å². The summed E-state index contributed by atoms with van der Waals surface area (Å²) in [5.41, 5.74) is 0.402. The summed E-state index contributed by atoms with van der Waals surface area (Å²) in [6.45, 7) is 4.29. The second-order valence-electron chi connectivity index (χ2n) is 5.39. The van der Waals surface area contributed by atoms with E-state index in [1.165, 1.54) is 25.7 Å². The maximum Gasteiger partial charge on any atom is 0.236 e. The summed E-state index contributed by atoms with van der Waals surface area (Å²) in [6, 6.07) is 0. The lowest BCUT2D eigenvalue weighted by molar-refractivity contribution is -0.134. The number of carbonyl (C=O) groups is 1. The van der Waals surface area contributed by atoms with Crippen LogP contribution in [0.2, 0.25) is 0 Å². The average Bonchev–Trinajstić information content (AvgIpc) is 2.60. The van der Waals surface area contributed by atoms with Gasteiger partial charge in [0.25, 0.3) is 0 Å². The predicted octanol–water partition coefficient (Wildman–Crippen LogP) is 2.95. The Morgan fingerprint density at radius 3 is 2.73 bits per heavy atom. The van der Waals surface area contributed by atoms with Crippen LogP contribution in [0.15, 0.2) is 0 Å². The van der Waals surface area contributed by atoms with E-state index in [9.17, 15) is 4.79 Å². The van der Waals surface area contributed by atoms with Gasteiger partial charge in [0.1, 0.15) is 0 Å². The maximum atomic E-state index is 11.9. The zero-order valence-corrected chi connectivity index (χ0v) is 11.1. The summed E-state index contributed by atoms with van der Waals surface area (Å²) < 4.78 is 0. The molecule has 1 saturated carbocycles. The van der Waals surface area contributed by atoms with Gasteiger partial charge in [0.15, 0.2) is 0 Å². The van der Waals surface area contributed by atoms with Crippen LogP contribution in [0.3, 0.4) is 0 Å². The summed E-state index contributed by atoms with van der Waals surface area (Å²) in [7, 11) is 0. The highest BCUT2D eigenvalue weighted by Gasteiger charge is 2.35. The second-order valence-corrected chi connectivity index (χ2v) is 6.49. The van der Waals surface area contributed by atoms with Crippen molar-refractivity contribution in [3.05, 3.63) is 0 Å². The zero-order chi connectivity index (χ0) is 10.9. The Morgan fingerprint density at radius 1 is 1.40 bits per heavy atom. The van der Waals surface area contributed by atoms with Crippen LogP contribution >= 0.6 is 15.9 Å². The summed E-state index contributed by atoms with van der Waals surface area (Å²) in [4.78, 5) is 14.1. The molecule has 1 saturated heterocycles. The lowest BCUT2D eigenvalue weighted by Crippen LogP contribution is -2.46. The third-order valence-electron chi connectivity index (χ3n) is 3.85. The van der Waals surface area contributed by atoms with E-state index >= 15 is 0 Å². The van der Waals surface area contributed by atoms with E-state index in [0.29, 0.717) is 11.3 Å². The van der Waals surface area contributed by atoms with Crippen molar-refractivity contribution >= 4 is 21.8 Å². The molecule has 1 atom stereocenters. The Kier molecular flexibility index (Phi) is 3.39. The third-order valence-corrected chi connectivity index (χ3v) is 4.70. The summed E-state index contributed by atoms with van der Waals surface area (Å²) in [5.74, 6) is 0.314. The molecule has 0 radical (unpaired) electrons. The highest BCUT2D eigenvalue weighted by molar-refractivity contribution is 9.10. The largest absolute Gasteiger partial charge is 0.341 e. The van der Waals surface area contributed by atoms with E-state index in [2.05, 4.69) is 27.8 Å². The van der Waals surface area contributed by atoms with E-state index in [1.807, 2.05) is 0 Å². The topological polar surface area (TPSA) is 20.3 Å². The van der Waals surface area contributed by atoms with Crippen molar-refractivity contribution < 1.29 is 4.79 Å². The number of hydrogen-bond acceptors (Lipinski definition) is 1. The molecule has 0 aromatic carbocycles. The van der Waals surface area contributed by atoms with Crippen LogP contribution in [0, 0.1) is 5.41 Å². The van der Waals surface area contributed by atoms with Gasteiger partial charge in [-0.25, -0.2) is 0 Å². The first-order valence-corrected chi connectivity index (χ1v) is 6.95. The van der Waals surface area contributed by atoms with Gasteiger partial charge in [-0.05, 0) is 31.1 Å². The first-order valence-electron chi connectivity index (χ1n) is 6.04. The van der Waals surface area contributed by atoms with Crippen LogP contribution in [0.25, 0.3) is 0 Å². The minimum atomic E-state index is 0.0799. The molecule has 2 rings (SSSR count). The fourth-order valence-electron chi connectivity index (χ4n) is 2.90. The number of rotatable bonds is 2. The fraction of sp³-hybridized carbons (Fsp3) is 0.917. The lowest BCUT2D eigenvalue weighted by Gasteiger charge is -2.36. The van der Waals surface area contributed by atoms with Crippen LogP contribution < -0.4 is 0 Å². The Balaban J connectivity index is 1.95. The number of halogens is 1. The van der Waals surface area contributed by atoms with Gasteiger partial charge in [0, 0.05) is 13.1 Å². The van der Waals surface area contributed by atoms with Crippen LogP contribution in [-0.2, 0) is 4.79 Å². The number of carbonyl (C=O) groups excluding carboxylic acids is 1. The van der Waals surface area contributed by atoms with Gasteiger partial charge in [-0.2, -0.15) is 0 Å². The number of nitrogens with zero attached hydrogens (tertiary/aromatic N) is 1. The average molecular weight is 274 g/mol. The third kappa shape index (κ3) is 2.55. The summed E-state index contributed by atoms with van der Waals surface area (Å²) >= 11 is 3.47. The SMILES string of the molecule is CC1(CN2CCCC(Br)C2=O)CCCC1. The Labute approximate surface area is 101 Å².